The molecule has 112 valence electrons. The van der Waals surface area contributed by atoms with Crippen molar-refractivity contribution in [1.82, 2.24) is 4.90 Å². The van der Waals surface area contributed by atoms with Crippen molar-refractivity contribution in [1.29, 1.82) is 0 Å². The van der Waals surface area contributed by atoms with E-state index in [-0.39, 0.29) is 5.91 Å². The fraction of sp³-hybridized carbons (Fsp3) is 0.562. The number of hydrogen-bond acceptors (Lipinski definition) is 3. The van der Waals surface area contributed by atoms with Gasteiger partial charge in [-0.1, -0.05) is 13.8 Å². The number of thioether (sulfide) groups is 1. The molecule has 0 atom stereocenters. The predicted octanol–water partition coefficient (Wildman–Crippen LogP) is 3.86. The Morgan fingerprint density at radius 2 is 1.75 bits per heavy atom. The second-order valence-electron chi connectivity index (χ2n) is 4.83. The monoisotopic (exact) mass is 294 g/mol. The van der Waals surface area contributed by atoms with E-state index >= 15 is 0 Å². The maximum atomic E-state index is 10.9. The van der Waals surface area contributed by atoms with Gasteiger partial charge in [-0.25, -0.2) is 0 Å². The topological polar surface area (TPSA) is 32.3 Å². The molecule has 0 aliphatic carbocycles. The van der Waals surface area contributed by atoms with Gasteiger partial charge in [-0.05, 0) is 57.2 Å². The van der Waals surface area contributed by atoms with Crippen molar-refractivity contribution in [3.8, 4) is 0 Å². The van der Waals surface area contributed by atoms with Crippen LogP contribution in [-0.4, -0.2) is 36.2 Å². The minimum Gasteiger partial charge on any atom is -0.326 e. The van der Waals surface area contributed by atoms with Crippen LogP contribution < -0.4 is 5.32 Å². The predicted molar refractivity (Wildman–Crippen MR) is 88.5 cm³/mol. The summed E-state index contributed by atoms with van der Waals surface area (Å²) in [7, 11) is 2.18. The van der Waals surface area contributed by atoms with Gasteiger partial charge in [0.15, 0.2) is 0 Å². The first kappa shape index (κ1) is 17.1. The van der Waals surface area contributed by atoms with Gasteiger partial charge in [0.25, 0.3) is 0 Å². The third-order valence-corrected chi connectivity index (χ3v) is 4.49. The lowest BCUT2D eigenvalue weighted by Gasteiger charge is -2.28. The number of anilines is 1. The molecule has 1 saturated heterocycles. The summed E-state index contributed by atoms with van der Waals surface area (Å²) in [5, 5.41) is 3.52. The number of benzene rings is 1. The SMILES string of the molecule is CC.CC(=O)Nc1ccc(SC2CCN(C)CC2)cc1. The number of carbonyl (C=O) groups excluding carboxylic acids is 1. The van der Waals surface area contributed by atoms with E-state index in [1.54, 1.807) is 0 Å². The van der Waals surface area contributed by atoms with E-state index in [1.807, 2.05) is 37.7 Å². The molecule has 20 heavy (non-hydrogen) atoms. The van der Waals surface area contributed by atoms with Crippen LogP contribution in [0.5, 0.6) is 0 Å². The van der Waals surface area contributed by atoms with Gasteiger partial charge >= 0.3 is 0 Å². The molecule has 0 radical (unpaired) electrons. The van der Waals surface area contributed by atoms with Crippen LogP contribution in [0, 0.1) is 0 Å². The number of hydrogen-bond donors (Lipinski definition) is 1. The third kappa shape index (κ3) is 5.97. The van der Waals surface area contributed by atoms with Gasteiger partial charge < -0.3 is 10.2 Å². The fourth-order valence-corrected chi connectivity index (χ4v) is 3.24. The summed E-state index contributed by atoms with van der Waals surface area (Å²) in [5.41, 5.74) is 0.871. The molecule has 1 aromatic rings. The van der Waals surface area contributed by atoms with Crippen LogP contribution in [0.4, 0.5) is 5.69 Å². The molecule has 1 amide bonds. The molecular formula is C16H26N2OS. The number of nitrogens with one attached hydrogen (secondary N) is 1. The van der Waals surface area contributed by atoms with Gasteiger partial charge in [0.05, 0.1) is 0 Å². The van der Waals surface area contributed by atoms with Crippen LogP contribution in [0.2, 0.25) is 0 Å². The molecule has 0 bridgehead atoms. The molecule has 4 heteroatoms. The van der Waals surface area contributed by atoms with E-state index in [2.05, 4.69) is 29.4 Å². The second-order valence-corrected chi connectivity index (χ2v) is 6.20. The molecule has 1 fully saturated rings. The van der Waals surface area contributed by atoms with E-state index in [4.69, 9.17) is 0 Å². The average molecular weight is 294 g/mol. The van der Waals surface area contributed by atoms with Crippen LogP contribution in [-0.2, 0) is 4.79 Å². The summed E-state index contributed by atoms with van der Waals surface area (Å²) >= 11 is 1.95. The first-order valence-electron chi connectivity index (χ1n) is 7.36. The Balaban J connectivity index is 0.000000956. The zero-order chi connectivity index (χ0) is 15.0. The average Bonchev–Trinajstić information content (AvgIpc) is 2.45. The molecule has 0 saturated carbocycles. The third-order valence-electron chi connectivity index (χ3n) is 3.14. The van der Waals surface area contributed by atoms with E-state index in [1.165, 1.54) is 37.8 Å². The number of rotatable bonds is 3. The molecule has 2 rings (SSSR count). The molecule has 3 nitrogen and oxygen atoms in total. The van der Waals surface area contributed by atoms with Gasteiger partial charge in [0.1, 0.15) is 0 Å². The number of piperidine rings is 1. The van der Waals surface area contributed by atoms with Crippen molar-refractivity contribution < 1.29 is 4.79 Å². The Morgan fingerprint density at radius 1 is 1.20 bits per heavy atom. The normalized spacial score (nSPS) is 16.2. The quantitative estimate of drug-likeness (QED) is 0.919. The molecule has 1 aromatic carbocycles. The molecule has 1 N–H and O–H groups in total. The molecule has 0 aromatic heterocycles. The first-order valence-corrected chi connectivity index (χ1v) is 8.24. The van der Waals surface area contributed by atoms with Crippen LogP contribution >= 0.6 is 11.8 Å². The smallest absolute Gasteiger partial charge is 0.221 e. The van der Waals surface area contributed by atoms with Crippen molar-refractivity contribution in [3.63, 3.8) is 0 Å². The molecule has 1 aliphatic rings. The molecule has 1 aliphatic heterocycles. The van der Waals surface area contributed by atoms with E-state index in [0.717, 1.165) is 10.9 Å². The number of carbonyl (C=O) groups is 1. The van der Waals surface area contributed by atoms with E-state index in [0.29, 0.717) is 0 Å². The second kappa shape index (κ2) is 9.03. The molecule has 0 spiro atoms. The van der Waals surface area contributed by atoms with Gasteiger partial charge in [0, 0.05) is 22.8 Å². The van der Waals surface area contributed by atoms with Crippen molar-refractivity contribution in [2.75, 3.05) is 25.5 Å². The summed E-state index contributed by atoms with van der Waals surface area (Å²) in [6.07, 6.45) is 2.52. The van der Waals surface area contributed by atoms with E-state index in [9.17, 15) is 4.79 Å². The summed E-state index contributed by atoms with van der Waals surface area (Å²) in [6.45, 7) is 7.92. The van der Waals surface area contributed by atoms with E-state index < -0.39 is 0 Å². The summed E-state index contributed by atoms with van der Waals surface area (Å²) in [4.78, 5) is 14.6. The Morgan fingerprint density at radius 3 is 2.25 bits per heavy atom. The van der Waals surface area contributed by atoms with Gasteiger partial charge in [0.2, 0.25) is 5.91 Å². The summed E-state index contributed by atoms with van der Waals surface area (Å²) in [6, 6.07) is 8.12. The minimum atomic E-state index is -0.0225. The number of nitrogens with zero attached hydrogens (tertiary/aromatic N) is 1. The summed E-state index contributed by atoms with van der Waals surface area (Å²) < 4.78 is 0. The highest BCUT2D eigenvalue weighted by Crippen LogP contribution is 2.30. The first-order chi connectivity index (χ1) is 9.63. The molecule has 0 unspecified atom stereocenters. The van der Waals surface area contributed by atoms with Gasteiger partial charge in [-0.3, -0.25) is 4.79 Å². The lowest BCUT2D eigenvalue weighted by Crippen LogP contribution is -2.31. The lowest BCUT2D eigenvalue weighted by molar-refractivity contribution is -0.114. The van der Waals surface area contributed by atoms with Crippen LogP contribution in [0.15, 0.2) is 29.2 Å². The molecule has 1 heterocycles. The number of amides is 1. The zero-order valence-electron chi connectivity index (χ0n) is 13.0. The fourth-order valence-electron chi connectivity index (χ4n) is 2.12. The highest BCUT2D eigenvalue weighted by molar-refractivity contribution is 8.00. The highest BCUT2D eigenvalue weighted by Gasteiger charge is 2.17. The maximum absolute atomic E-state index is 10.9. The van der Waals surface area contributed by atoms with Crippen molar-refractivity contribution in [3.05, 3.63) is 24.3 Å². The Kier molecular flexibility index (Phi) is 7.70. The van der Waals surface area contributed by atoms with Crippen LogP contribution in [0.25, 0.3) is 0 Å². The minimum absolute atomic E-state index is 0.0225. The Hall–Kier alpha value is -1.00. The Bertz CT molecular complexity index is 397. The zero-order valence-corrected chi connectivity index (χ0v) is 13.8. The van der Waals surface area contributed by atoms with Gasteiger partial charge in [-0.15, -0.1) is 11.8 Å². The van der Waals surface area contributed by atoms with Crippen LogP contribution in [0.3, 0.4) is 0 Å². The lowest BCUT2D eigenvalue weighted by atomic mass is 10.1. The number of likely N-dealkylation sites (tertiary alicyclic amines) is 1. The maximum Gasteiger partial charge on any atom is 0.221 e. The van der Waals surface area contributed by atoms with Gasteiger partial charge in [-0.2, -0.15) is 0 Å². The van der Waals surface area contributed by atoms with Crippen molar-refractivity contribution in [2.24, 2.45) is 0 Å². The summed E-state index contributed by atoms with van der Waals surface area (Å²) in [5.74, 6) is -0.0225. The van der Waals surface area contributed by atoms with Crippen molar-refractivity contribution >= 4 is 23.4 Å². The Labute approximate surface area is 127 Å². The largest absolute Gasteiger partial charge is 0.326 e. The standard InChI is InChI=1S/C14H20N2OS.C2H6/c1-11(17)15-12-3-5-13(6-4-12)18-14-7-9-16(2)10-8-14;1-2/h3-6,14H,7-10H2,1-2H3,(H,15,17);1-2H3. The van der Waals surface area contributed by atoms with Crippen LogP contribution in [0.1, 0.15) is 33.6 Å². The highest BCUT2D eigenvalue weighted by atomic mass is 32.2. The van der Waals surface area contributed by atoms with Crippen molar-refractivity contribution in [2.45, 2.75) is 43.8 Å². The molecular weight excluding hydrogens is 268 g/mol.